The van der Waals surface area contributed by atoms with Gasteiger partial charge in [-0.25, -0.2) is 0 Å². The van der Waals surface area contributed by atoms with E-state index in [1.54, 1.807) is 0 Å². The molecule has 0 saturated carbocycles. The molecule has 2 atom stereocenters. The van der Waals surface area contributed by atoms with Gasteiger partial charge in [0.05, 0.1) is 11.4 Å². The van der Waals surface area contributed by atoms with Crippen LogP contribution in [0.4, 0.5) is 0 Å². The highest BCUT2D eigenvalue weighted by molar-refractivity contribution is 8.05. The summed E-state index contributed by atoms with van der Waals surface area (Å²) in [5, 5.41) is 11.6. The Hall–Kier alpha value is -2.07. The van der Waals surface area contributed by atoms with Crippen LogP contribution in [0.5, 0.6) is 0 Å². The summed E-state index contributed by atoms with van der Waals surface area (Å²) in [6.07, 6.45) is 1.66. The van der Waals surface area contributed by atoms with E-state index in [0.717, 1.165) is 27.7 Å². The molecule has 0 bridgehead atoms. The van der Waals surface area contributed by atoms with E-state index in [1.807, 2.05) is 72.8 Å². The third-order valence-electron chi connectivity index (χ3n) is 4.89. The second-order valence-electron chi connectivity index (χ2n) is 7.19. The number of aliphatic carboxylic acids is 1. The van der Waals surface area contributed by atoms with Crippen molar-refractivity contribution in [1.82, 2.24) is 0 Å². The number of rotatable bonds is 10. The van der Waals surface area contributed by atoms with Gasteiger partial charge in [-0.3, -0.25) is 9.36 Å². The van der Waals surface area contributed by atoms with Crippen LogP contribution >= 0.6 is 19.1 Å². The maximum atomic E-state index is 12.7. The molecule has 2 N–H and O–H groups in total. The van der Waals surface area contributed by atoms with Gasteiger partial charge in [0.15, 0.2) is 0 Å². The first-order chi connectivity index (χ1) is 13.9. The molecule has 0 amide bonds. The van der Waals surface area contributed by atoms with E-state index in [9.17, 15) is 19.4 Å². The predicted molar refractivity (Wildman–Crippen MR) is 120 cm³/mol. The molecule has 0 saturated heterocycles. The first-order valence-corrected chi connectivity index (χ1v) is 12.6. The highest BCUT2D eigenvalue weighted by atomic mass is 32.2. The first-order valence-electron chi connectivity index (χ1n) is 9.63. The lowest BCUT2D eigenvalue weighted by atomic mass is 10.0. The maximum absolute atomic E-state index is 12.7. The summed E-state index contributed by atoms with van der Waals surface area (Å²) in [6, 6.07) is 23.6. The fourth-order valence-electron chi connectivity index (χ4n) is 3.38. The summed E-state index contributed by atoms with van der Waals surface area (Å²) >= 11 is 1.33. The normalized spacial score (nSPS) is 14.4. The van der Waals surface area contributed by atoms with Crippen LogP contribution in [-0.4, -0.2) is 27.6 Å². The lowest BCUT2D eigenvalue weighted by molar-refractivity contribution is -0.141. The Morgan fingerprint density at radius 3 is 2.41 bits per heavy atom. The molecule has 0 heterocycles. The molecule has 0 radical (unpaired) electrons. The highest BCUT2D eigenvalue weighted by Gasteiger charge is 2.29. The Morgan fingerprint density at radius 2 is 1.66 bits per heavy atom. The summed E-state index contributed by atoms with van der Waals surface area (Å²) in [6.45, 7) is 0. The van der Waals surface area contributed by atoms with Crippen molar-refractivity contribution < 1.29 is 19.4 Å². The van der Waals surface area contributed by atoms with E-state index < -0.39 is 19.3 Å². The zero-order valence-corrected chi connectivity index (χ0v) is 17.8. The molecule has 152 valence electrons. The smallest absolute Gasteiger partial charge is 0.307 e. The predicted octanol–water partition coefficient (Wildman–Crippen LogP) is 5.88. The average Bonchev–Trinajstić information content (AvgIpc) is 2.72. The quantitative estimate of drug-likeness (QED) is 0.311. The van der Waals surface area contributed by atoms with Gasteiger partial charge in [-0.05, 0) is 41.7 Å². The third kappa shape index (κ3) is 6.46. The van der Waals surface area contributed by atoms with Gasteiger partial charge in [0, 0.05) is 11.1 Å². The summed E-state index contributed by atoms with van der Waals surface area (Å²) in [7, 11) is -3.58. The van der Waals surface area contributed by atoms with Gasteiger partial charge in [0.1, 0.15) is 0 Å². The molecule has 3 aromatic carbocycles. The lowest BCUT2D eigenvalue weighted by Crippen LogP contribution is -2.19. The fraction of sp³-hybridized carbons (Fsp3) is 0.261. The first kappa shape index (κ1) is 21.6. The van der Waals surface area contributed by atoms with Gasteiger partial charge in [0.2, 0.25) is 7.37 Å². The molecule has 0 aliphatic rings. The number of fused-ring (bicyclic) bond motifs is 1. The molecular weight excluding hydrogens is 403 g/mol. The molecule has 3 rings (SSSR count). The fourth-order valence-corrected chi connectivity index (χ4v) is 6.71. The number of carboxylic acid groups (broad SMARTS) is 1. The summed E-state index contributed by atoms with van der Waals surface area (Å²) in [5.74, 6) is -1.80. The molecule has 0 aliphatic heterocycles. The van der Waals surface area contributed by atoms with Gasteiger partial charge >= 0.3 is 5.97 Å². The van der Waals surface area contributed by atoms with Crippen molar-refractivity contribution in [3.8, 4) is 0 Å². The van der Waals surface area contributed by atoms with E-state index in [2.05, 4.69) is 0 Å². The third-order valence-corrected chi connectivity index (χ3v) is 8.70. The highest BCUT2D eigenvalue weighted by Crippen LogP contribution is 2.48. The SMILES string of the molecule is O=C(O)C(CCCc1ccccc1)CP(=O)(O)CSc1cccc2ccccc12. The van der Waals surface area contributed by atoms with Crippen LogP contribution in [0.3, 0.4) is 0 Å². The van der Waals surface area contributed by atoms with Crippen LogP contribution in [0.15, 0.2) is 77.7 Å². The summed E-state index contributed by atoms with van der Waals surface area (Å²) in [5.41, 5.74) is 1.17. The number of aryl methyl sites for hydroxylation is 1. The van der Waals surface area contributed by atoms with Crippen molar-refractivity contribution in [2.75, 3.05) is 11.7 Å². The summed E-state index contributed by atoms with van der Waals surface area (Å²) < 4.78 is 12.7. The minimum Gasteiger partial charge on any atom is -0.481 e. The van der Waals surface area contributed by atoms with Crippen LogP contribution in [0, 0.1) is 5.92 Å². The number of benzene rings is 3. The largest absolute Gasteiger partial charge is 0.481 e. The lowest BCUT2D eigenvalue weighted by Gasteiger charge is -2.17. The number of carboxylic acids is 1. The topological polar surface area (TPSA) is 74.6 Å². The van der Waals surface area contributed by atoms with Crippen molar-refractivity contribution >= 4 is 35.9 Å². The minimum absolute atomic E-state index is 0.0173. The number of hydrogen-bond donors (Lipinski definition) is 2. The van der Waals surface area contributed by atoms with E-state index in [0.29, 0.717) is 12.8 Å². The number of carbonyl (C=O) groups is 1. The molecule has 4 nitrogen and oxygen atoms in total. The Kier molecular flexibility index (Phi) is 7.54. The van der Waals surface area contributed by atoms with Crippen LogP contribution in [0.2, 0.25) is 0 Å². The molecule has 0 fully saturated rings. The Labute approximate surface area is 175 Å². The standard InChI is InChI=1S/C23H25O4PS/c24-23(25)20(13-6-10-18-8-2-1-3-9-18)16-28(26,27)17-29-22-15-7-12-19-11-4-5-14-21(19)22/h1-5,7-9,11-12,14-15,20H,6,10,13,16-17H2,(H,24,25)(H,26,27). The van der Waals surface area contributed by atoms with Gasteiger partial charge < -0.3 is 10.00 Å². The number of thioether (sulfide) groups is 1. The molecule has 29 heavy (non-hydrogen) atoms. The minimum atomic E-state index is -3.58. The maximum Gasteiger partial charge on any atom is 0.307 e. The van der Waals surface area contributed by atoms with E-state index in [4.69, 9.17) is 0 Å². The van der Waals surface area contributed by atoms with Crippen molar-refractivity contribution in [3.63, 3.8) is 0 Å². The Morgan fingerprint density at radius 1 is 0.966 bits per heavy atom. The molecule has 6 heteroatoms. The van der Waals surface area contributed by atoms with Crippen molar-refractivity contribution in [2.24, 2.45) is 5.92 Å². The van der Waals surface area contributed by atoms with Crippen LogP contribution < -0.4 is 0 Å². The molecule has 3 aromatic rings. The van der Waals surface area contributed by atoms with Crippen molar-refractivity contribution in [1.29, 1.82) is 0 Å². The Bertz CT molecular complexity index is 1000. The van der Waals surface area contributed by atoms with Gasteiger partial charge in [-0.15, -0.1) is 11.8 Å². The van der Waals surface area contributed by atoms with E-state index in [1.165, 1.54) is 11.8 Å². The molecular formula is C23H25O4PS. The van der Waals surface area contributed by atoms with E-state index >= 15 is 0 Å². The molecule has 0 spiro atoms. The average molecular weight is 428 g/mol. The van der Waals surface area contributed by atoms with Gasteiger partial charge in [-0.1, -0.05) is 66.7 Å². The number of hydrogen-bond acceptors (Lipinski definition) is 3. The molecule has 0 aromatic heterocycles. The van der Waals surface area contributed by atoms with Crippen molar-refractivity contribution in [2.45, 2.75) is 24.2 Å². The zero-order valence-electron chi connectivity index (χ0n) is 16.1. The van der Waals surface area contributed by atoms with Crippen LogP contribution in [0.1, 0.15) is 18.4 Å². The van der Waals surface area contributed by atoms with Gasteiger partial charge in [-0.2, -0.15) is 0 Å². The molecule has 0 aliphatic carbocycles. The Balaban J connectivity index is 1.58. The summed E-state index contributed by atoms with van der Waals surface area (Å²) in [4.78, 5) is 23.0. The second-order valence-corrected chi connectivity index (χ2v) is 11.0. The zero-order chi connectivity index (χ0) is 20.7. The molecule has 2 unspecified atom stereocenters. The van der Waals surface area contributed by atoms with Crippen molar-refractivity contribution in [3.05, 3.63) is 78.4 Å². The van der Waals surface area contributed by atoms with Gasteiger partial charge in [0.25, 0.3) is 0 Å². The van der Waals surface area contributed by atoms with E-state index in [-0.39, 0.29) is 11.7 Å². The van der Waals surface area contributed by atoms with Crippen LogP contribution in [-0.2, 0) is 15.8 Å². The second kappa shape index (κ2) is 10.1. The monoisotopic (exact) mass is 428 g/mol. The van der Waals surface area contributed by atoms with Crippen LogP contribution in [0.25, 0.3) is 10.8 Å².